The Hall–Kier alpha value is -1.41. The molecular weight excluding hydrogens is 358 g/mol. The number of benzene rings is 1. The smallest absolute Gasteiger partial charge is 0.268 e. The number of aromatic nitrogens is 3. The monoisotopic (exact) mass is 365 g/mol. The maximum atomic E-state index is 5.98. The summed E-state index contributed by atoms with van der Waals surface area (Å²) in [5, 5.41) is 6.70. The number of rotatable bonds is 4. The zero-order chi connectivity index (χ0) is 14.9. The lowest BCUT2D eigenvalue weighted by atomic mass is 10.3. The molecule has 0 saturated carbocycles. The molecule has 110 valence electrons. The zero-order valence-electron chi connectivity index (χ0n) is 11.0. The Balaban J connectivity index is 1.49. The quantitative estimate of drug-likeness (QED) is 0.456. The average molecular weight is 366 g/mol. The van der Waals surface area contributed by atoms with Crippen molar-refractivity contribution in [2.45, 2.75) is 10.1 Å². The molecule has 4 aromatic rings. The van der Waals surface area contributed by atoms with Crippen LogP contribution in [0.15, 0.2) is 44.6 Å². The molecular formula is C14H8ClN3OS3. The summed E-state index contributed by atoms with van der Waals surface area (Å²) in [6.45, 7) is 0. The van der Waals surface area contributed by atoms with Gasteiger partial charge in [-0.3, -0.25) is 0 Å². The minimum atomic E-state index is 0.571. The van der Waals surface area contributed by atoms with Crippen LogP contribution in [0.4, 0.5) is 0 Å². The Bertz CT molecular complexity index is 917. The van der Waals surface area contributed by atoms with Crippen LogP contribution in [-0.4, -0.2) is 15.1 Å². The van der Waals surface area contributed by atoms with Crippen molar-refractivity contribution in [2.24, 2.45) is 0 Å². The average Bonchev–Trinajstić information content (AvgIpc) is 3.24. The molecule has 0 aliphatic heterocycles. The van der Waals surface area contributed by atoms with Gasteiger partial charge >= 0.3 is 0 Å². The highest BCUT2D eigenvalue weighted by Gasteiger charge is 2.11. The first-order valence-corrected chi connectivity index (χ1v) is 9.39. The molecule has 0 saturated heterocycles. The highest BCUT2D eigenvalue weighted by molar-refractivity contribution is 8.00. The minimum Gasteiger partial charge on any atom is -0.333 e. The predicted octanol–water partition coefficient (Wildman–Crippen LogP) is 5.35. The molecule has 0 bridgehead atoms. The van der Waals surface area contributed by atoms with Gasteiger partial charge < -0.3 is 4.52 Å². The molecule has 4 rings (SSSR count). The Morgan fingerprint density at radius 2 is 2.18 bits per heavy atom. The number of thiazole rings is 1. The van der Waals surface area contributed by atoms with Gasteiger partial charge in [-0.15, -0.1) is 22.7 Å². The summed E-state index contributed by atoms with van der Waals surface area (Å²) in [6, 6.07) is 9.67. The molecule has 0 aliphatic carbocycles. The van der Waals surface area contributed by atoms with Crippen molar-refractivity contribution in [3.8, 4) is 10.8 Å². The highest BCUT2D eigenvalue weighted by Crippen LogP contribution is 2.32. The molecule has 0 radical (unpaired) electrons. The summed E-state index contributed by atoms with van der Waals surface area (Å²) < 4.78 is 7.37. The maximum Gasteiger partial charge on any atom is 0.268 e. The second-order valence-corrected chi connectivity index (χ2v) is 8.01. The first kappa shape index (κ1) is 14.2. The van der Waals surface area contributed by atoms with Gasteiger partial charge in [0.1, 0.15) is 0 Å². The second kappa shape index (κ2) is 6.00. The van der Waals surface area contributed by atoms with Crippen LogP contribution in [-0.2, 0) is 5.75 Å². The van der Waals surface area contributed by atoms with E-state index in [9.17, 15) is 0 Å². The van der Waals surface area contributed by atoms with Gasteiger partial charge in [0.25, 0.3) is 5.89 Å². The summed E-state index contributed by atoms with van der Waals surface area (Å²) in [6.07, 6.45) is 0. The van der Waals surface area contributed by atoms with Crippen molar-refractivity contribution in [1.82, 2.24) is 15.1 Å². The molecule has 0 unspecified atom stereocenters. The first-order chi connectivity index (χ1) is 10.8. The highest BCUT2D eigenvalue weighted by atomic mass is 35.5. The van der Waals surface area contributed by atoms with Gasteiger partial charge in [0, 0.05) is 5.02 Å². The van der Waals surface area contributed by atoms with Gasteiger partial charge in [0.05, 0.1) is 20.8 Å². The topological polar surface area (TPSA) is 51.8 Å². The normalized spacial score (nSPS) is 11.3. The maximum absolute atomic E-state index is 5.98. The van der Waals surface area contributed by atoms with E-state index in [1.54, 1.807) is 34.4 Å². The van der Waals surface area contributed by atoms with Crippen molar-refractivity contribution in [3.63, 3.8) is 0 Å². The van der Waals surface area contributed by atoms with Gasteiger partial charge in [0.15, 0.2) is 10.2 Å². The van der Waals surface area contributed by atoms with E-state index < -0.39 is 0 Å². The van der Waals surface area contributed by atoms with E-state index in [2.05, 4.69) is 15.1 Å². The van der Waals surface area contributed by atoms with Crippen molar-refractivity contribution in [1.29, 1.82) is 0 Å². The fraction of sp³-hybridized carbons (Fsp3) is 0.0714. The molecule has 0 spiro atoms. The van der Waals surface area contributed by atoms with Gasteiger partial charge in [-0.2, -0.15) is 4.98 Å². The lowest BCUT2D eigenvalue weighted by Crippen LogP contribution is -1.83. The second-order valence-electron chi connectivity index (χ2n) is 4.37. The number of hydrogen-bond donors (Lipinski definition) is 0. The van der Waals surface area contributed by atoms with Crippen LogP contribution >= 0.6 is 46.0 Å². The lowest BCUT2D eigenvalue weighted by molar-refractivity contribution is 0.426. The molecule has 0 atom stereocenters. The molecule has 8 heteroatoms. The zero-order valence-corrected chi connectivity index (χ0v) is 14.2. The molecule has 0 N–H and O–H groups in total. The van der Waals surface area contributed by atoms with Gasteiger partial charge in [-0.1, -0.05) is 34.6 Å². The number of nitrogens with zero attached hydrogens (tertiary/aromatic N) is 3. The van der Waals surface area contributed by atoms with E-state index >= 15 is 0 Å². The van der Waals surface area contributed by atoms with E-state index in [0.29, 0.717) is 22.5 Å². The number of fused-ring (bicyclic) bond motifs is 1. The Morgan fingerprint density at radius 3 is 3.05 bits per heavy atom. The van der Waals surface area contributed by atoms with Crippen molar-refractivity contribution in [3.05, 3.63) is 46.6 Å². The molecule has 0 amide bonds. The largest absolute Gasteiger partial charge is 0.333 e. The molecule has 1 aromatic carbocycles. The minimum absolute atomic E-state index is 0.571. The van der Waals surface area contributed by atoms with Crippen molar-refractivity contribution >= 4 is 56.3 Å². The van der Waals surface area contributed by atoms with Gasteiger partial charge in [0.2, 0.25) is 0 Å². The summed E-state index contributed by atoms with van der Waals surface area (Å²) in [4.78, 5) is 9.95. The lowest BCUT2D eigenvalue weighted by Gasteiger charge is -1.90. The van der Waals surface area contributed by atoms with E-state index in [1.165, 1.54) is 0 Å². The Labute approximate surface area is 143 Å². The van der Waals surface area contributed by atoms with Crippen LogP contribution in [0, 0.1) is 0 Å². The third kappa shape index (κ3) is 2.89. The van der Waals surface area contributed by atoms with Crippen LogP contribution in [0.3, 0.4) is 0 Å². The molecule has 0 fully saturated rings. The number of halogens is 1. The number of thioether (sulfide) groups is 1. The summed E-state index contributed by atoms with van der Waals surface area (Å²) in [7, 11) is 0. The molecule has 4 nitrogen and oxygen atoms in total. The first-order valence-electron chi connectivity index (χ1n) is 6.33. The third-order valence-corrected chi connectivity index (χ3v) is 6.12. The van der Waals surface area contributed by atoms with Crippen LogP contribution in [0.1, 0.15) is 5.82 Å². The Kier molecular flexibility index (Phi) is 3.87. The van der Waals surface area contributed by atoms with Gasteiger partial charge in [-0.05, 0) is 29.6 Å². The van der Waals surface area contributed by atoms with Gasteiger partial charge in [-0.25, -0.2) is 4.98 Å². The van der Waals surface area contributed by atoms with E-state index in [1.807, 2.05) is 35.7 Å². The molecule has 22 heavy (non-hydrogen) atoms. The number of thiophene rings is 1. The van der Waals surface area contributed by atoms with Crippen LogP contribution in [0.2, 0.25) is 5.02 Å². The summed E-state index contributed by atoms with van der Waals surface area (Å²) in [5.74, 6) is 1.87. The summed E-state index contributed by atoms with van der Waals surface area (Å²) in [5.41, 5.74) is 0.924. The van der Waals surface area contributed by atoms with E-state index in [-0.39, 0.29) is 0 Å². The van der Waals surface area contributed by atoms with E-state index in [0.717, 1.165) is 19.4 Å². The summed E-state index contributed by atoms with van der Waals surface area (Å²) >= 11 is 10.8. The third-order valence-electron chi connectivity index (χ3n) is 2.85. The van der Waals surface area contributed by atoms with Crippen molar-refractivity contribution < 1.29 is 4.52 Å². The number of hydrogen-bond acceptors (Lipinski definition) is 7. The van der Waals surface area contributed by atoms with Crippen molar-refractivity contribution in [2.75, 3.05) is 0 Å². The van der Waals surface area contributed by atoms with Crippen LogP contribution in [0.25, 0.3) is 21.0 Å². The fourth-order valence-electron chi connectivity index (χ4n) is 1.88. The SMILES string of the molecule is Clc1ccc2sc(SCc3noc(-c4cccs4)n3)nc2c1. The van der Waals surface area contributed by atoms with Crippen LogP contribution in [0.5, 0.6) is 0 Å². The Morgan fingerprint density at radius 1 is 1.23 bits per heavy atom. The fourth-order valence-corrected chi connectivity index (χ4v) is 4.58. The molecule has 3 heterocycles. The van der Waals surface area contributed by atoms with E-state index in [4.69, 9.17) is 16.1 Å². The molecule has 3 aromatic heterocycles. The molecule has 0 aliphatic rings. The standard InChI is InChI=1S/C14H8ClN3OS3/c15-8-3-4-10-9(6-8)16-14(22-10)21-7-12-17-13(19-18-12)11-2-1-5-20-11/h1-6H,7H2. The van der Waals surface area contributed by atoms with Crippen LogP contribution < -0.4 is 0 Å². The predicted molar refractivity (Wildman–Crippen MR) is 91.8 cm³/mol.